The van der Waals surface area contributed by atoms with Crippen LogP contribution in [-0.2, 0) is 39.4 Å². The Morgan fingerprint density at radius 1 is 1.22 bits per heavy atom. The van der Waals surface area contributed by atoms with E-state index >= 15 is 0 Å². The topological polar surface area (TPSA) is 158 Å². The van der Waals surface area contributed by atoms with Gasteiger partial charge in [-0.05, 0) is 0 Å². The van der Waals surface area contributed by atoms with Gasteiger partial charge < -0.3 is 0 Å². The number of halogens is 2. The van der Waals surface area contributed by atoms with Crippen LogP contribution in [-0.4, -0.2) is 92.1 Å². The summed E-state index contributed by atoms with van der Waals surface area (Å²) in [5.41, 5.74) is 0.614. The third-order valence-corrected chi connectivity index (χ3v) is 11.9. The summed E-state index contributed by atoms with van der Waals surface area (Å²) in [7, 11) is 1.93. The molecule has 41 heavy (non-hydrogen) atoms. The molecule has 7 atom stereocenters. The van der Waals surface area contributed by atoms with E-state index in [1.165, 1.54) is 32.1 Å². The third kappa shape index (κ3) is 10.6. The van der Waals surface area contributed by atoms with Gasteiger partial charge in [-0.25, -0.2) is 0 Å². The molecule has 1 aliphatic heterocycles. The first kappa shape index (κ1) is 36.2. The van der Waals surface area contributed by atoms with Gasteiger partial charge in [-0.1, -0.05) is 0 Å². The Morgan fingerprint density at radius 3 is 2.49 bits per heavy atom. The van der Waals surface area contributed by atoms with Crippen LogP contribution in [0.2, 0.25) is 0 Å². The normalized spacial score (nSPS) is 23.1. The van der Waals surface area contributed by atoms with Crippen molar-refractivity contribution in [3.8, 4) is 5.75 Å². The number of ether oxygens (including phenoxy) is 3. The van der Waals surface area contributed by atoms with Gasteiger partial charge in [-0.15, -0.1) is 0 Å². The van der Waals surface area contributed by atoms with E-state index in [4.69, 9.17) is 18.4 Å². The van der Waals surface area contributed by atoms with Gasteiger partial charge in [-0.2, -0.15) is 0 Å². The van der Waals surface area contributed by atoms with Gasteiger partial charge in [0, 0.05) is 0 Å². The molecule has 1 heterocycles. The van der Waals surface area contributed by atoms with Crippen LogP contribution >= 0.6 is 57.7 Å². The fraction of sp³-hybridized carbons (Fsp3) is 0.524. The van der Waals surface area contributed by atoms with E-state index in [-0.39, 0.29) is 41.5 Å². The summed E-state index contributed by atoms with van der Waals surface area (Å²) in [4.78, 5) is 51.2. The monoisotopic (exact) mass is 830 g/mol. The van der Waals surface area contributed by atoms with E-state index in [1.807, 2.05) is 42.4 Å². The molecule has 12 nitrogen and oxygen atoms in total. The summed E-state index contributed by atoms with van der Waals surface area (Å²) in [6.45, 7) is 4.17. The molecular formula is C21H28B4I2N2O10S2. The second-order valence-corrected chi connectivity index (χ2v) is 16.8. The Hall–Kier alpha value is -0.960. The zero-order valence-corrected chi connectivity index (χ0v) is 28.9. The number of aliphatic hydroxyl groups is 1. The molecule has 1 saturated heterocycles. The molecule has 2 rings (SSSR count). The molecule has 20 heteroatoms. The first-order valence-electron chi connectivity index (χ1n) is 12.2. The zero-order valence-electron chi connectivity index (χ0n) is 22.9. The maximum atomic E-state index is 13.1. The van der Waals surface area contributed by atoms with Crippen molar-refractivity contribution in [2.24, 2.45) is 11.8 Å². The Balaban J connectivity index is 2.37. The van der Waals surface area contributed by atoms with E-state index < -0.39 is 51.7 Å². The first-order chi connectivity index (χ1) is 19.3. The molecule has 0 radical (unpaired) electrons. The number of benzene rings is 1. The number of likely N-dealkylation sites (N-methyl/N-ethyl adjacent to an activating group) is 1. The van der Waals surface area contributed by atoms with Crippen LogP contribution in [0.5, 0.6) is 5.75 Å². The van der Waals surface area contributed by atoms with Crippen molar-refractivity contribution >= 4 is 113 Å². The van der Waals surface area contributed by atoms with Crippen molar-refractivity contribution in [3.63, 3.8) is 0 Å². The molecule has 1 aromatic carbocycles. The van der Waals surface area contributed by atoms with Crippen LogP contribution < -0.4 is 10.1 Å². The van der Waals surface area contributed by atoms with Gasteiger partial charge in [0.05, 0.1) is 0 Å². The van der Waals surface area contributed by atoms with Gasteiger partial charge in [0.1, 0.15) is 0 Å². The number of carbonyl (C=O) groups excluding carboxylic acids is 4. The predicted octanol–water partition coefficient (Wildman–Crippen LogP) is 1.92. The average Bonchev–Trinajstić information content (AvgIpc) is 2.92. The number of anilines is 1. The van der Waals surface area contributed by atoms with Gasteiger partial charge >= 0.3 is 272 Å². The number of esters is 1. The summed E-state index contributed by atoms with van der Waals surface area (Å²) in [6.07, 6.45) is -3.80. The van der Waals surface area contributed by atoms with Gasteiger partial charge in [0.25, 0.3) is 0 Å². The molecule has 1 aliphatic rings. The Morgan fingerprint density at radius 2 is 1.90 bits per heavy atom. The molecule has 0 aliphatic carbocycles. The number of aliphatic hydroxyl groups excluding tert-OH is 1. The first-order valence-corrected chi connectivity index (χ1v) is 19.8. The van der Waals surface area contributed by atoms with Crippen LogP contribution in [0.15, 0.2) is 18.2 Å². The zero-order chi connectivity index (χ0) is 30.9. The van der Waals surface area contributed by atoms with Crippen LogP contribution in [0.1, 0.15) is 26.3 Å². The summed E-state index contributed by atoms with van der Waals surface area (Å²) in [5.74, 6) is -1.80. The number of amides is 2. The number of nitrogens with zero attached hydrogens (tertiary/aromatic N) is 1. The van der Waals surface area contributed by atoms with Crippen molar-refractivity contribution < 1.29 is 47.4 Å². The molecule has 2 amide bonds. The SMILES string of the molecule is B/B=S(\I)OC(=O)N(C)CC(=O)Nc1cc(CO)ccc1O[C@@H]1OC(C(=O)/S(I)=B/B=O)[C@@H](C)[C@H](C)C1OC(C)=O. The van der Waals surface area contributed by atoms with E-state index in [0.29, 0.717) is 12.6 Å². The van der Waals surface area contributed by atoms with Gasteiger partial charge in [-0.3, -0.25) is 0 Å². The summed E-state index contributed by atoms with van der Waals surface area (Å²) >= 11 is 3.82. The molecule has 0 bridgehead atoms. The fourth-order valence-corrected chi connectivity index (χ4v) is 6.42. The molecular weight excluding hydrogens is 801 g/mol. The molecule has 0 saturated carbocycles. The van der Waals surface area contributed by atoms with Crippen LogP contribution in [0, 0.1) is 11.8 Å². The van der Waals surface area contributed by atoms with E-state index in [1.54, 1.807) is 33.7 Å². The van der Waals surface area contributed by atoms with Crippen molar-refractivity contribution in [3.05, 3.63) is 23.8 Å². The standard InChI is InChI=1S/C21H28B4I2N2O10S2/c1-10-11(2)18(36-12(3)31)20(38-17(10)19(33)40(26)25-24-35)37-15-6-5-13(9-30)7-14(15)28-16(32)8-29(4)21(34)39-41(27)23-22/h5-7,10-11,17-18,20,30H,8-9,22H2,1-4H3,(H,28,32)/t10-,11-,17?,18?,20+,40?,41?/m0/s1. The number of hydrogen-bond acceptors (Lipinski definition) is 10. The molecule has 0 aromatic heterocycles. The summed E-state index contributed by atoms with van der Waals surface area (Å²) in [5, 5.41) is 12.0. The minimum absolute atomic E-state index is 0.109. The molecule has 4 unspecified atom stereocenters. The molecule has 1 aromatic rings. The number of carbonyl (C=O) groups is 4. The second kappa shape index (κ2) is 17.4. The van der Waals surface area contributed by atoms with Crippen molar-refractivity contribution in [1.29, 1.82) is 0 Å². The van der Waals surface area contributed by atoms with E-state index in [2.05, 4.69) is 5.32 Å². The quantitative estimate of drug-likeness (QED) is 0.203. The second-order valence-electron chi connectivity index (χ2n) is 8.94. The minimum atomic E-state index is -1.25. The average molecular weight is 830 g/mol. The predicted molar refractivity (Wildman–Crippen MR) is 178 cm³/mol. The fourth-order valence-electron chi connectivity index (χ4n) is 3.77. The number of rotatable bonds is 10. The van der Waals surface area contributed by atoms with E-state index in [9.17, 15) is 29.0 Å². The molecule has 1 fully saturated rings. The summed E-state index contributed by atoms with van der Waals surface area (Å²) in [6, 6.07) is 7.49. The van der Waals surface area contributed by atoms with Crippen molar-refractivity contribution in [1.82, 2.24) is 4.90 Å². The third-order valence-electron chi connectivity index (χ3n) is 6.05. The number of nitrogens with one attached hydrogen (secondary N) is 1. The maximum absolute atomic E-state index is 13.1. The van der Waals surface area contributed by atoms with Crippen molar-refractivity contribution in [2.45, 2.75) is 45.9 Å². The Labute approximate surface area is 269 Å². The van der Waals surface area contributed by atoms with Crippen LogP contribution in [0.25, 0.3) is 0 Å². The molecule has 2 N–H and O–H groups in total. The van der Waals surface area contributed by atoms with Gasteiger partial charge in [0.2, 0.25) is 0 Å². The van der Waals surface area contributed by atoms with Crippen LogP contribution in [0.3, 0.4) is 0 Å². The molecule has 0 spiro atoms. The van der Waals surface area contributed by atoms with Crippen LogP contribution in [0.4, 0.5) is 10.5 Å². The molecule has 220 valence electrons. The summed E-state index contributed by atoms with van der Waals surface area (Å²) < 4.78 is 33.9. The Kier molecular flexibility index (Phi) is 15.3. The number of hydrogen-bond donors (Lipinski definition) is 2. The van der Waals surface area contributed by atoms with Crippen molar-refractivity contribution in [2.75, 3.05) is 18.9 Å². The van der Waals surface area contributed by atoms with E-state index in [0.717, 1.165) is 4.90 Å². The van der Waals surface area contributed by atoms with Gasteiger partial charge in [0.15, 0.2) is 0 Å². The Bertz CT molecular complexity index is 1240.